The van der Waals surface area contributed by atoms with Crippen LogP contribution in [0.3, 0.4) is 0 Å². The van der Waals surface area contributed by atoms with Crippen molar-refractivity contribution in [3.05, 3.63) is 35.9 Å². The number of aliphatic hydroxyl groups excluding tert-OH is 1. The highest BCUT2D eigenvalue weighted by Crippen LogP contribution is 2.06. The zero-order chi connectivity index (χ0) is 16.4. The van der Waals surface area contributed by atoms with Crippen molar-refractivity contribution in [1.82, 2.24) is 5.32 Å². The van der Waals surface area contributed by atoms with E-state index in [2.05, 4.69) is 5.32 Å². The standard InChI is InChI=1S/C15H23N3O4/c1-21-14(17)13(19)12(8-5-9-16)18-15(20)22-10-11-6-3-2-4-7-11/h2-4,6-7,12-13,17,19H,5,8-10,16H2,1H3,(H,18,20)/t12-,13?/m0/s1. The van der Waals surface area contributed by atoms with E-state index in [1.54, 1.807) is 0 Å². The van der Waals surface area contributed by atoms with E-state index in [4.69, 9.17) is 20.6 Å². The Morgan fingerprint density at radius 1 is 1.41 bits per heavy atom. The fraction of sp³-hybridized carbons (Fsp3) is 0.467. The van der Waals surface area contributed by atoms with Gasteiger partial charge in [-0.3, -0.25) is 5.41 Å². The highest BCUT2D eigenvalue weighted by molar-refractivity contribution is 5.79. The highest BCUT2D eigenvalue weighted by atomic mass is 16.5. The van der Waals surface area contributed by atoms with Gasteiger partial charge in [-0.15, -0.1) is 0 Å². The van der Waals surface area contributed by atoms with Crippen molar-refractivity contribution >= 4 is 12.0 Å². The van der Waals surface area contributed by atoms with Crippen molar-refractivity contribution in [3.8, 4) is 0 Å². The number of hydrogen-bond donors (Lipinski definition) is 4. The van der Waals surface area contributed by atoms with E-state index in [1.165, 1.54) is 7.11 Å². The summed E-state index contributed by atoms with van der Waals surface area (Å²) in [5, 5.41) is 20.0. The Morgan fingerprint density at radius 2 is 2.09 bits per heavy atom. The first-order valence-corrected chi connectivity index (χ1v) is 7.06. The van der Waals surface area contributed by atoms with E-state index in [9.17, 15) is 9.90 Å². The summed E-state index contributed by atoms with van der Waals surface area (Å²) in [7, 11) is 1.29. The molecule has 0 saturated heterocycles. The van der Waals surface area contributed by atoms with Crippen LogP contribution < -0.4 is 11.1 Å². The Labute approximate surface area is 129 Å². The van der Waals surface area contributed by atoms with E-state index in [0.717, 1.165) is 5.56 Å². The predicted molar refractivity (Wildman–Crippen MR) is 82.6 cm³/mol. The molecular weight excluding hydrogens is 286 g/mol. The molecule has 0 aliphatic carbocycles. The number of aliphatic hydroxyl groups is 1. The van der Waals surface area contributed by atoms with Gasteiger partial charge < -0.3 is 25.6 Å². The molecule has 7 nitrogen and oxygen atoms in total. The van der Waals surface area contributed by atoms with Gasteiger partial charge in [0.25, 0.3) is 0 Å². The third-order valence-corrected chi connectivity index (χ3v) is 3.10. The van der Waals surface area contributed by atoms with Gasteiger partial charge in [0.2, 0.25) is 5.90 Å². The first kappa shape index (κ1) is 17.9. The molecule has 0 aromatic heterocycles. The SMILES string of the molecule is COC(=N)C(O)[C@H](CCCN)NC(=O)OCc1ccccc1. The zero-order valence-corrected chi connectivity index (χ0v) is 12.6. The lowest BCUT2D eigenvalue weighted by Crippen LogP contribution is -2.47. The van der Waals surface area contributed by atoms with Gasteiger partial charge in [0, 0.05) is 0 Å². The molecule has 0 bridgehead atoms. The fourth-order valence-electron chi connectivity index (χ4n) is 1.87. The van der Waals surface area contributed by atoms with Crippen LogP contribution in [0.25, 0.3) is 0 Å². The maximum atomic E-state index is 11.8. The number of hydrogen-bond acceptors (Lipinski definition) is 6. The van der Waals surface area contributed by atoms with Gasteiger partial charge in [-0.05, 0) is 24.9 Å². The Kier molecular flexibility index (Phi) is 7.95. The second-order valence-electron chi connectivity index (χ2n) is 4.76. The Morgan fingerprint density at radius 3 is 2.68 bits per heavy atom. The lowest BCUT2D eigenvalue weighted by Gasteiger charge is -2.23. The van der Waals surface area contributed by atoms with Gasteiger partial charge in [-0.1, -0.05) is 30.3 Å². The third-order valence-electron chi connectivity index (χ3n) is 3.10. The number of methoxy groups -OCH3 is 1. The van der Waals surface area contributed by atoms with Gasteiger partial charge >= 0.3 is 6.09 Å². The Bertz CT molecular complexity index is 467. The molecule has 0 fully saturated rings. The summed E-state index contributed by atoms with van der Waals surface area (Å²) in [6.45, 7) is 0.554. The first-order valence-electron chi connectivity index (χ1n) is 7.06. The van der Waals surface area contributed by atoms with Crippen LogP contribution in [-0.2, 0) is 16.1 Å². The van der Waals surface area contributed by atoms with Crippen LogP contribution in [0.5, 0.6) is 0 Å². The second kappa shape index (κ2) is 9.75. The normalized spacial score (nSPS) is 13.0. The summed E-state index contributed by atoms with van der Waals surface area (Å²) in [4.78, 5) is 11.8. The summed E-state index contributed by atoms with van der Waals surface area (Å²) >= 11 is 0. The fourth-order valence-corrected chi connectivity index (χ4v) is 1.87. The minimum absolute atomic E-state index is 0.133. The molecule has 1 amide bonds. The largest absolute Gasteiger partial charge is 0.483 e. The number of nitrogens with two attached hydrogens (primary N) is 1. The van der Waals surface area contributed by atoms with Crippen LogP contribution in [0.15, 0.2) is 30.3 Å². The molecule has 1 unspecified atom stereocenters. The predicted octanol–water partition coefficient (Wildman–Crippen LogP) is 1.00. The monoisotopic (exact) mass is 309 g/mol. The molecule has 0 saturated carbocycles. The van der Waals surface area contributed by atoms with Crippen LogP contribution >= 0.6 is 0 Å². The van der Waals surface area contributed by atoms with Gasteiger partial charge in [0.1, 0.15) is 12.7 Å². The number of alkyl carbamates (subject to hydrolysis) is 1. The lowest BCUT2D eigenvalue weighted by atomic mass is 10.1. The van der Waals surface area contributed by atoms with Gasteiger partial charge in [-0.2, -0.15) is 0 Å². The summed E-state index contributed by atoms with van der Waals surface area (Å²) in [6.07, 6.45) is -0.878. The van der Waals surface area contributed by atoms with Gasteiger partial charge in [0.05, 0.1) is 13.2 Å². The van der Waals surface area contributed by atoms with E-state index in [0.29, 0.717) is 19.4 Å². The molecule has 0 radical (unpaired) electrons. The van der Waals surface area contributed by atoms with Gasteiger partial charge in [-0.25, -0.2) is 4.79 Å². The molecule has 1 rings (SSSR count). The van der Waals surface area contributed by atoms with E-state index in [-0.39, 0.29) is 12.5 Å². The molecule has 22 heavy (non-hydrogen) atoms. The summed E-state index contributed by atoms with van der Waals surface area (Å²) in [6, 6.07) is 8.58. The molecule has 0 aliphatic heterocycles. The van der Waals surface area contributed by atoms with Crippen molar-refractivity contribution in [2.45, 2.75) is 31.6 Å². The van der Waals surface area contributed by atoms with Crippen LogP contribution in [-0.4, -0.2) is 42.9 Å². The average molecular weight is 309 g/mol. The molecule has 0 heterocycles. The average Bonchev–Trinajstić information content (AvgIpc) is 2.56. The minimum atomic E-state index is -1.24. The molecule has 0 spiro atoms. The van der Waals surface area contributed by atoms with E-state index >= 15 is 0 Å². The number of rotatable bonds is 8. The lowest BCUT2D eigenvalue weighted by molar-refractivity contribution is 0.113. The summed E-state index contributed by atoms with van der Waals surface area (Å²) < 4.78 is 9.79. The molecule has 122 valence electrons. The van der Waals surface area contributed by atoms with Gasteiger partial charge in [0.15, 0.2) is 0 Å². The summed E-state index contributed by atoms with van der Waals surface area (Å²) in [5.74, 6) is -0.314. The summed E-state index contributed by atoms with van der Waals surface area (Å²) in [5.41, 5.74) is 6.30. The van der Waals surface area contributed by atoms with Crippen molar-refractivity contribution in [3.63, 3.8) is 0 Å². The first-order chi connectivity index (χ1) is 10.6. The van der Waals surface area contributed by atoms with Crippen molar-refractivity contribution < 1.29 is 19.4 Å². The number of ether oxygens (including phenoxy) is 2. The van der Waals surface area contributed by atoms with Crippen LogP contribution in [0, 0.1) is 5.41 Å². The molecule has 7 heteroatoms. The van der Waals surface area contributed by atoms with Crippen LogP contribution in [0.4, 0.5) is 4.79 Å². The minimum Gasteiger partial charge on any atom is -0.483 e. The van der Waals surface area contributed by atoms with Crippen LogP contribution in [0.1, 0.15) is 18.4 Å². The zero-order valence-electron chi connectivity index (χ0n) is 12.6. The molecule has 5 N–H and O–H groups in total. The van der Waals surface area contributed by atoms with Crippen LogP contribution in [0.2, 0.25) is 0 Å². The van der Waals surface area contributed by atoms with E-state index < -0.39 is 18.2 Å². The Balaban J connectivity index is 2.52. The number of carbonyl (C=O) groups excluding carboxylic acids is 1. The highest BCUT2D eigenvalue weighted by Gasteiger charge is 2.26. The molecule has 0 aliphatic rings. The second-order valence-corrected chi connectivity index (χ2v) is 4.76. The maximum absolute atomic E-state index is 11.8. The topological polar surface area (TPSA) is 118 Å². The van der Waals surface area contributed by atoms with E-state index in [1.807, 2.05) is 30.3 Å². The smallest absolute Gasteiger partial charge is 0.407 e. The number of carbonyl (C=O) groups is 1. The molecule has 2 atom stereocenters. The van der Waals surface area contributed by atoms with Crippen molar-refractivity contribution in [2.75, 3.05) is 13.7 Å². The Hall–Kier alpha value is -2.12. The quantitative estimate of drug-likeness (QED) is 0.422. The van der Waals surface area contributed by atoms with Crippen molar-refractivity contribution in [1.29, 1.82) is 5.41 Å². The number of benzene rings is 1. The molecular formula is C15H23N3O4. The third kappa shape index (κ3) is 6.11. The maximum Gasteiger partial charge on any atom is 0.407 e. The van der Waals surface area contributed by atoms with Crippen molar-refractivity contribution in [2.24, 2.45) is 5.73 Å². The molecule has 1 aromatic rings. The number of nitrogens with one attached hydrogen (secondary N) is 2. The number of amides is 1. The molecule has 1 aromatic carbocycles.